The molecule has 0 aromatic heterocycles. The van der Waals surface area contributed by atoms with Gasteiger partial charge in [-0.1, -0.05) is 0 Å². The summed E-state index contributed by atoms with van der Waals surface area (Å²) in [7, 11) is -0.672. The van der Waals surface area contributed by atoms with Crippen molar-refractivity contribution in [3.8, 4) is 11.5 Å². The van der Waals surface area contributed by atoms with Gasteiger partial charge in [-0.25, -0.2) is 8.42 Å². The lowest BCUT2D eigenvalue weighted by Gasteiger charge is -2.13. The van der Waals surface area contributed by atoms with Crippen molar-refractivity contribution in [2.24, 2.45) is 0 Å². The van der Waals surface area contributed by atoms with Gasteiger partial charge in [0.05, 0.1) is 14.2 Å². The van der Waals surface area contributed by atoms with Gasteiger partial charge in [0.2, 0.25) is 0 Å². The average Bonchev–Trinajstić information content (AvgIpc) is 2.36. The van der Waals surface area contributed by atoms with Crippen LogP contribution in [-0.2, 0) is 14.6 Å². The normalized spacial score (nSPS) is 12.2. The second kappa shape index (κ2) is 6.09. The monoisotopic (exact) mass is 298 g/mol. The van der Waals surface area contributed by atoms with E-state index in [0.717, 1.165) is 6.26 Å². The average molecular weight is 298 g/mol. The van der Waals surface area contributed by atoms with Gasteiger partial charge in [-0.2, -0.15) is 0 Å². The molecule has 0 aliphatic carbocycles. The molecule has 0 spiro atoms. The highest BCUT2D eigenvalue weighted by Crippen LogP contribution is 2.36. The van der Waals surface area contributed by atoms with E-state index < -0.39 is 9.84 Å². The number of hydrogen-bond donors (Lipinski definition) is 0. The second-order valence-electron chi connectivity index (χ2n) is 4.41. The number of Topliss-reactive ketones (excluding diaryl/α,β-unsaturated/α-hetero) is 1. The van der Waals surface area contributed by atoms with Crippen LogP contribution in [0, 0.1) is 0 Å². The van der Waals surface area contributed by atoms with E-state index in [4.69, 9.17) is 9.47 Å². The van der Waals surface area contributed by atoms with E-state index >= 15 is 0 Å². The Morgan fingerprint density at radius 2 is 1.75 bits per heavy atom. The molecule has 1 aromatic carbocycles. The smallest absolute Gasteiger partial charge is 0.179 e. The Morgan fingerprint density at radius 3 is 2.15 bits per heavy atom. The first-order valence-electron chi connectivity index (χ1n) is 5.86. The summed E-state index contributed by atoms with van der Waals surface area (Å²) in [6, 6.07) is 3.09. The van der Waals surface area contributed by atoms with E-state index in [0.29, 0.717) is 16.9 Å². The third-order valence-electron chi connectivity index (χ3n) is 2.81. The van der Waals surface area contributed by atoms with Crippen LogP contribution < -0.4 is 9.47 Å². The number of benzene rings is 1. The Hall–Kier alpha value is -1.82. The van der Waals surface area contributed by atoms with Gasteiger partial charge in [0.15, 0.2) is 27.1 Å². The molecule has 110 valence electrons. The van der Waals surface area contributed by atoms with E-state index in [1.54, 1.807) is 19.1 Å². The van der Waals surface area contributed by atoms with Crippen molar-refractivity contribution in [1.29, 1.82) is 0 Å². The number of rotatable bonds is 5. The first-order chi connectivity index (χ1) is 9.20. The van der Waals surface area contributed by atoms with E-state index in [2.05, 4.69) is 0 Å². The van der Waals surface area contributed by atoms with E-state index in [9.17, 15) is 13.2 Å². The highest BCUT2D eigenvalue weighted by molar-refractivity contribution is 7.90. The molecule has 0 bridgehead atoms. The van der Waals surface area contributed by atoms with Crippen molar-refractivity contribution in [1.82, 2.24) is 0 Å². The zero-order valence-electron chi connectivity index (χ0n) is 12.2. The summed E-state index contributed by atoms with van der Waals surface area (Å²) in [6.45, 7) is 3.11. The molecule has 0 heterocycles. The molecule has 0 fully saturated rings. The minimum atomic E-state index is -3.48. The van der Waals surface area contributed by atoms with Crippen LogP contribution in [0.1, 0.15) is 19.4 Å². The first kappa shape index (κ1) is 16.2. The van der Waals surface area contributed by atoms with Gasteiger partial charge in [0.1, 0.15) is 4.90 Å². The molecule has 0 saturated carbocycles. The summed E-state index contributed by atoms with van der Waals surface area (Å²) >= 11 is 0. The van der Waals surface area contributed by atoms with Gasteiger partial charge in [0, 0.05) is 6.26 Å². The van der Waals surface area contributed by atoms with Crippen LogP contribution in [0.5, 0.6) is 11.5 Å². The molecule has 0 unspecified atom stereocenters. The SMILES string of the molecule is COc1cc(/C=C(\C)C(C)=O)cc(S(C)(=O)=O)c1OC. The second-order valence-corrected chi connectivity index (χ2v) is 6.39. The molecule has 5 nitrogen and oxygen atoms in total. The van der Waals surface area contributed by atoms with Crippen LogP contribution >= 0.6 is 0 Å². The maximum atomic E-state index is 11.8. The van der Waals surface area contributed by atoms with Crippen molar-refractivity contribution in [2.45, 2.75) is 18.7 Å². The molecule has 0 aliphatic rings. The lowest BCUT2D eigenvalue weighted by Crippen LogP contribution is -2.03. The Bertz CT molecular complexity index is 656. The minimum absolute atomic E-state index is 0.0296. The fourth-order valence-electron chi connectivity index (χ4n) is 1.66. The third-order valence-corrected chi connectivity index (χ3v) is 3.91. The van der Waals surface area contributed by atoms with Crippen LogP contribution in [0.3, 0.4) is 0 Å². The summed E-state index contributed by atoms with van der Waals surface area (Å²) < 4.78 is 33.9. The maximum absolute atomic E-state index is 11.8. The molecule has 0 aliphatic heterocycles. The molecule has 20 heavy (non-hydrogen) atoms. The molecule has 0 N–H and O–H groups in total. The molecular weight excluding hydrogens is 280 g/mol. The molecule has 6 heteroatoms. The predicted octanol–water partition coefficient (Wildman–Crippen LogP) is 2.10. The third kappa shape index (κ3) is 3.60. The fourth-order valence-corrected chi connectivity index (χ4v) is 2.53. The minimum Gasteiger partial charge on any atom is -0.493 e. The van der Waals surface area contributed by atoms with Crippen LogP contribution in [0.25, 0.3) is 6.08 Å². The number of ether oxygens (including phenoxy) is 2. The summed E-state index contributed by atoms with van der Waals surface area (Å²) in [6.07, 6.45) is 2.70. The van der Waals surface area contributed by atoms with Crippen LogP contribution in [0.15, 0.2) is 22.6 Å². The standard InChI is InChI=1S/C14H18O5S/c1-9(10(2)15)6-11-7-12(18-3)14(19-4)13(8-11)20(5,16)17/h6-8H,1-5H3/b9-6+. The molecule has 1 rings (SSSR count). The predicted molar refractivity (Wildman–Crippen MR) is 77.0 cm³/mol. The highest BCUT2D eigenvalue weighted by atomic mass is 32.2. The van der Waals surface area contributed by atoms with Gasteiger partial charge >= 0.3 is 0 Å². The fraction of sp³-hybridized carbons (Fsp3) is 0.357. The van der Waals surface area contributed by atoms with Crippen LogP contribution in [-0.4, -0.2) is 34.7 Å². The van der Waals surface area contributed by atoms with Crippen molar-refractivity contribution in [3.63, 3.8) is 0 Å². The Labute approximate surface area is 119 Å². The molecule has 0 atom stereocenters. The largest absolute Gasteiger partial charge is 0.493 e. The van der Waals surface area contributed by atoms with Gasteiger partial charge in [0.25, 0.3) is 0 Å². The van der Waals surface area contributed by atoms with E-state index in [1.807, 2.05) is 0 Å². The Morgan fingerprint density at radius 1 is 1.15 bits per heavy atom. The number of allylic oxidation sites excluding steroid dienone is 1. The van der Waals surface area contributed by atoms with Gasteiger partial charge in [-0.15, -0.1) is 0 Å². The summed E-state index contributed by atoms with van der Waals surface area (Å²) in [4.78, 5) is 11.3. The summed E-state index contributed by atoms with van der Waals surface area (Å²) in [5, 5.41) is 0. The van der Waals surface area contributed by atoms with Gasteiger partial charge < -0.3 is 9.47 Å². The summed E-state index contributed by atoms with van der Waals surface area (Å²) in [5.74, 6) is 0.381. The van der Waals surface area contributed by atoms with Crippen LogP contribution in [0.2, 0.25) is 0 Å². The number of sulfone groups is 1. The number of methoxy groups -OCH3 is 2. The zero-order chi connectivity index (χ0) is 15.5. The van der Waals surface area contributed by atoms with E-state index in [1.165, 1.54) is 27.2 Å². The topological polar surface area (TPSA) is 69.7 Å². The number of hydrogen-bond acceptors (Lipinski definition) is 5. The molecule has 0 amide bonds. The zero-order valence-corrected chi connectivity index (χ0v) is 13.0. The maximum Gasteiger partial charge on any atom is 0.179 e. The van der Waals surface area contributed by atoms with Gasteiger partial charge in [-0.3, -0.25) is 4.79 Å². The summed E-state index contributed by atoms with van der Waals surface area (Å²) in [5.41, 5.74) is 1.09. The Kier molecular flexibility index (Phi) is 4.94. The van der Waals surface area contributed by atoms with Crippen molar-refractivity contribution >= 4 is 21.7 Å². The van der Waals surface area contributed by atoms with Crippen LogP contribution in [0.4, 0.5) is 0 Å². The first-order valence-corrected chi connectivity index (χ1v) is 7.75. The molecule has 1 aromatic rings. The quantitative estimate of drug-likeness (QED) is 0.779. The van der Waals surface area contributed by atoms with Crippen molar-refractivity contribution in [2.75, 3.05) is 20.5 Å². The Balaban J connectivity index is 3.60. The van der Waals surface area contributed by atoms with E-state index in [-0.39, 0.29) is 16.4 Å². The lowest BCUT2D eigenvalue weighted by molar-refractivity contribution is -0.113. The number of carbonyl (C=O) groups excluding carboxylic acids is 1. The number of ketones is 1. The number of carbonyl (C=O) groups is 1. The molecule has 0 radical (unpaired) electrons. The lowest BCUT2D eigenvalue weighted by atomic mass is 10.1. The van der Waals surface area contributed by atoms with Crippen molar-refractivity contribution < 1.29 is 22.7 Å². The molecule has 0 saturated heterocycles. The molecular formula is C14H18O5S. The van der Waals surface area contributed by atoms with Gasteiger partial charge in [-0.05, 0) is 43.2 Å². The van der Waals surface area contributed by atoms with Crippen molar-refractivity contribution in [3.05, 3.63) is 23.3 Å². The highest BCUT2D eigenvalue weighted by Gasteiger charge is 2.19.